The predicted molar refractivity (Wildman–Crippen MR) is 134 cm³/mol. The number of anilines is 1. The maximum absolute atomic E-state index is 12.9. The number of hydrogen-bond donors (Lipinski definition) is 1. The van der Waals surface area contributed by atoms with Crippen LogP contribution in [0.15, 0.2) is 48.9 Å². The van der Waals surface area contributed by atoms with Crippen molar-refractivity contribution in [3.05, 3.63) is 71.4 Å². The molecule has 0 bridgehead atoms. The van der Waals surface area contributed by atoms with Gasteiger partial charge < -0.3 is 19.1 Å². The van der Waals surface area contributed by atoms with Gasteiger partial charge in [-0.25, -0.2) is 15.0 Å². The molecule has 1 fully saturated rings. The van der Waals surface area contributed by atoms with E-state index in [1.54, 1.807) is 30.6 Å². The molecule has 192 valence electrons. The van der Waals surface area contributed by atoms with Crippen LogP contribution in [-0.2, 0) is 11.2 Å². The molecule has 1 aliphatic rings. The Morgan fingerprint density at radius 2 is 1.97 bits per heavy atom. The smallest absolute Gasteiger partial charge is 0.387 e. The molecule has 1 saturated heterocycles. The number of pyridine rings is 1. The maximum Gasteiger partial charge on any atom is 0.387 e. The van der Waals surface area contributed by atoms with E-state index >= 15 is 0 Å². The number of imidazole rings is 1. The summed E-state index contributed by atoms with van der Waals surface area (Å²) in [7, 11) is 0. The van der Waals surface area contributed by atoms with E-state index in [4.69, 9.17) is 4.74 Å². The summed E-state index contributed by atoms with van der Waals surface area (Å²) in [6, 6.07) is 8.74. The van der Waals surface area contributed by atoms with Crippen LogP contribution in [0.4, 0.5) is 14.7 Å². The van der Waals surface area contributed by atoms with E-state index in [1.807, 2.05) is 35.4 Å². The molecule has 0 saturated carbocycles. The third-order valence-corrected chi connectivity index (χ3v) is 6.82. The van der Waals surface area contributed by atoms with Gasteiger partial charge in [-0.2, -0.15) is 8.78 Å². The number of aromatic nitrogens is 4. The van der Waals surface area contributed by atoms with Crippen LogP contribution in [-0.4, -0.2) is 50.1 Å². The van der Waals surface area contributed by atoms with Crippen LogP contribution in [0, 0.1) is 19.8 Å². The molecule has 0 unspecified atom stereocenters. The highest BCUT2D eigenvalue weighted by Gasteiger charge is 2.26. The Bertz CT molecular complexity index is 1440. The van der Waals surface area contributed by atoms with Crippen LogP contribution >= 0.6 is 0 Å². The Morgan fingerprint density at radius 3 is 2.70 bits per heavy atom. The highest BCUT2D eigenvalue weighted by Crippen LogP contribution is 2.29. The molecule has 1 aliphatic heterocycles. The van der Waals surface area contributed by atoms with Gasteiger partial charge in [0.2, 0.25) is 5.95 Å². The van der Waals surface area contributed by atoms with Crippen LogP contribution in [0.1, 0.15) is 35.4 Å². The number of carboxylic acid groups (broad SMARTS) is 1. The van der Waals surface area contributed by atoms with E-state index in [1.165, 1.54) is 6.07 Å². The van der Waals surface area contributed by atoms with E-state index < -0.39 is 18.5 Å². The lowest BCUT2D eigenvalue weighted by atomic mass is 9.99. The number of rotatable bonds is 7. The number of fused-ring (bicyclic) bond motifs is 1. The zero-order valence-electron chi connectivity index (χ0n) is 20.6. The van der Waals surface area contributed by atoms with Crippen LogP contribution in [0.2, 0.25) is 0 Å². The first-order valence-corrected chi connectivity index (χ1v) is 12.1. The van der Waals surface area contributed by atoms with Gasteiger partial charge in [0, 0.05) is 60.5 Å². The Labute approximate surface area is 212 Å². The lowest BCUT2D eigenvalue weighted by Gasteiger charge is -2.30. The first-order chi connectivity index (χ1) is 17.8. The molecule has 5 rings (SSSR count). The standard InChI is InChI=1S/C27H27F2N5O3/c1-16-10-24-32-17(2)22(11-18-6-3-4-8-23(18)37-26(28)29)34(24)15-21(16)20-12-30-27(31-13-20)33-9-5-7-19(14-33)25(35)36/h3-4,6,8,10,12-13,15,19,26H,5,7,9,11,14H2,1-2H3,(H,35,36)/t19-/m1/s1. The second-order valence-electron chi connectivity index (χ2n) is 9.30. The van der Waals surface area contributed by atoms with Crippen LogP contribution in [0.3, 0.4) is 0 Å². The van der Waals surface area contributed by atoms with Crippen molar-refractivity contribution in [1.29, 1.82) is 0 Å². The summed E-state index contributed by atoms with van der Waals surface area (Å²) >= 11 is 0. The van der Waals surface area contributed by atoms with Crippen molar-refractivity contribution in [1.82, 2.24) is 19.4 Å². The Balaban J connectivity index is 1.46. The number of aliphatic carboxylic acids is 1. The van der Waals surface area contributed by atoms with Crippen molar-refractivity contribution in [3.8, 4) is 16.9 Å². The molecule has 4 heterocycles. The number of nitrogens with zero attached hydrogens (tertiary/aromatic N) is 5. The molecule has 0 amide bonds. The van der Waals surface area contributed by atoms with Crippen molar-refractivity contribution in [2.24, 2.45) is 5.92 Å². The van der Waals surface area contributed by atoms with Crippen LogP contribution < -0.4 is 9.64 Å². The molecule has 4 aromatic rings. The normalized spacial score (nSPS) is 15.9. The fourth-order valence-corrected chi connectivity index (χ4v) is 4.89. The van der Waals surface area contributed by atoms with Gasteiger partial charge in [0.15, 0.2) is 0 Å². The third kappa shape index (κ3) is 5.09. The van der Waals surface area contributed by atoms with E-state index in [9.17, 15) is 18.7 Å². The predicted octanol–water partition coefficient (Wildman–Crippen LogP) is 4.90. The maximum atomic E-state index is 12.9. The van der Waals surface area contributed by atoms with Gasteiger partial charge in [-0.1, -0.05) is 18.2 Å². The summed E-state index contributed by atoms with van der Waals surface area (Å²) in [6.45, 7) is 2.10. The average Bonchev–Trinajstić information content (AvgIpc) is 3.18. The summed E-state index contributed by atoms with van der Waals surface area (Å²) in [5, 5.41) is 9.37. The van der Waals surface area contributed by atoms with Crippen molar-refractivity contribution in [3.63, 3.8) is 0 Å². The van der Waals surface area contributed by atoms with Gasteiger partial charge in [0.25, 0.3) is 0 Å². The van der Waals surface area contributed by atoms with Crippen molar-refractivity contribution in [2.75, 3.05) is 18.0 Å². The number of carboxylic acids is 1. The SMILES string of the molecule is Cc1cc2nc(C)c(Cc3ccccc3OC(F)F)n2cc1-c1cnc(N2CCC[C@@H](C(=O)O)C2)nc1. The molecule has 8 nitrogen and oxygen atoms in total. The number of aryl methyl sites for hydroxylation is 2. The second-order valence-corrected chi connectivity index (χ2v) is 9.30. The number of halogens is 2. The summed E-state index contributed by atoms with van der Waals surface area (Å²) < 4.78 is 32.5. The molecule has 37 heavy (non-hydrogen) atoms. The molecule has 10 heteroatoms. The largest absolute Gasteiger partial charge is 0.481 e. The molecular formula is C27H27F2N5O3. The van der Waals surface area contributed by atoms with Gasteiger partial charge in [-0.15, -0.1) is 0 Å². The van der Waals surface area contributed by atoms with Gasteiger partial charge >= 0.3 is 12.6 Å². The second kappa shape index (κ2) is 10.1. The Morgan fingerprint density at radius 1 is 1.22 bits per heavy atom. The highest BCUT2D eigenvalue weighted by molar-refractivity contribution is 5.71. The van der Waals surface area contributed by atoms with Crippen LogP contribution in [0.25, 0.3) is 16.8 Å². The van der Waals surface area contributed by atoms with Crippen molar-refractivity contribution < 1.29 is 23.4 Å². The number of para-hydroxylation sites is 1. The summed E-state index contributed by atoms with van der Waals surface area (Å²) in [4.78, 5) is 27.1. The minimum Gasteiger partial charge on any atom is -0.481 e. The van der Waals surface area contributed by atoms with Gasteiger partial charge in [-0.3, -0.25) is 4.79 Å². The monoisotopic (exact) mass is 507 g/mol. The number of alkyl halides is 2. The summed E-state index contributed by atoms with van der Waals surface area (Å²) in [6.07, 6.45) is 7.27. The molecule has 1 N–H and O–H groups in total. The Kier molecular flexibility index (Phi) is 6.73. The van der Waals surface area contributed by atoms with Gasteiger partial charge in [-0.05, 0) is 44.4 Å². The third-order valence-electron chi connectivity index (χ3n) is 6.82. The first kappa shape index (κ1) is 24.6. The lowest BCUT2D eigenvalue weighted by Crippen LogP contribution is -2.39. The quantitative estimate of drug-likeness (QED) is 0.380. The molecule has 0 aliphatic carbocycles. The van der Waals surface area contributed by atoms with Gasteiger partial charge in [0.05, 0.1) is 11.6 Å². The van der Waals surface area contributed by atoms with Gasteiger partial charge in [0.1, 0.15) is 11.4 Å². The molecule has 3 aromatic heterocycles. The summed E-state index contributed by atoms with van der Waals surface area (Å²) in [5.74, 6) is -0.546. The fourth-order valence-electron chi connectivity index (χ4n) is 4.89. The Hall–Kier alpha value is -4.08. The fraction of sp³-hybridized carbons (Fsp3) is 0.333. The minimum atomic E-state index is -2.90. The van der Waals surface area contributed by atoms with Crippen LogP contribution in [0.5, 0.6) is 5.75 Å². The van der Waals surface area contributed by atoms with Crippen molar-refractivity contribution in [2.45, 2.75) is 39.7 Å². The number of carbonyl (C=O) groups is 1. The van der Waals surface area contributed by atoms with Crippen molar-refractivity contribution >= 4 is 17.6 Å². The molecule has 0 spiro atoms. The first-order valence-electron chi connectivity index (χ1n) is 12.1. The lowest BCUT2D eigenvalue weighted by molar-refractivity contribution is -0.141. The molecule has 1 aromatic carbocycles. The number of piperidine rings is 1. The highest BCUT2D eigenvalue weighted by atomic mass is 19.3. The van der Waals surface area contributed by atoms with E-state index in [0.717, 1.165) is 46.7 Å². The number of ether oxygens (including phenoxy) is 1. The summed E-state index contributed by atoms with van der Waals surface area (Å²) in [5.41, 5.74) is 5.78. The molecule has 0 radical (unpaired) electrons. The topological polar surface area (TPSA) is 92.9 Å². The average molecular weight is 508 g/mol. The molecular weight excluding hydrogens is 480 g/mol. The van der Waals surface area contributed by atoms with E-state index in [-0.39, 0.29) is 5.75 Å². The number of benzene rings is 1. The van der Waals surface area contributed by atoms with E-state index in [0.29, 0.717) is 30.9 Å². The zero-order valence-corrected chi connectivity index (χ0v) is 20.6. The zero-order chi connectivity index (χ0) is 26.1. The minimum absolute atomic E-state index is 0.144. The number of hydrogen-bond acceptors (Lipinski definition) is 6. The molecule has 1 atom stereocenters. The van der Waals surface area contributed by atoms with E-state index in [2.05, 4.69) is 15.0 Å².